The molecule has 6 heteroatoms. The third-order valence-corrected chi connectivity index (χ3v) is 6.16. The summed E-state index contributed by atoms with van der Waals surface area (Å²) in [4.78, 5) is 14.2. The van der Waals surface area contributed by atoms with Crippen LogP contribution in [0.4, 0.5) is 0 Å². The number of rotatable bonds is 6. The van der Waals surface area contributed by atoms with Gasteiger partial charge in [-0.25, -0.2) is 0 Å². The van der Waals surface area contributed by atoms with Crippen molar-refractivity contribution in [3.63, 3.8) is 0 Å². The molecular formula is C23H29ClN2O3. The van der Waals surface area contributed by atoms with Crippen LogP contribution in [0.25, 0.3) is 0 Å². The van der Waals surface area contributed by atoms with Gasteiger partial charge in [-0.2, -0.15) is 0 Å². The number of halogens is 1. The number of aliphatic hydroxyl groups excluding tert-OH is 1. The van der Waals surface area contributed by atoms with Crippen molar-refractivity contribution in [1.82, 2.24) is 10.2 Å². The van der Waals surface area contributed by atoms with Crippen LogP contribution >= 0.6 is 11.6 Å². The topological polar surface area (TPSA) is 72.8 Å². The van der Waals surface area contributed by atoms with E-state index in [-0.39, 0.29) is 25.4 Å². The quantitative estimate of drug-likeness (QED) is 0.676. The fraction of sp³-hybridized carbons (Fsp3) is 0.435. The van der Waals surface area contributed by atoms with Crippen LogP contribution in [0, 0.1) is 13.8 Å². The Hall–Kier alpha value is -1.92. The summed E-state index contributed by atoms with van der Waals surface area (Å²) in [5.74, 6) is -0.0585. The zero-order valence-corrected chi connectivity index (χ0v) is 17.7. The summed E-state index contributed by atoms with van der Waals surface area (Å²) in [6.45, 7) is 5.62. The Morgan fingerprint density at radius 2 is 1.97 bits per heavy atom. The van der Waals surface area contributed by atoms with Crippen molar-refractivity contribution >= 4 is 17.5 Å². The number of carbonyl (C=O) groups excluding carboxylic acids is 1. The molecule has 1 amide bonds. The van der Waals surface area contributed by atoms with E-state index in [1.165, 1.54) is 16.7 Å². The minimum atomic E-state index is -1.24. The molecule has 2 aromatic rings. The molecule has 0 aliphatic carbocycles. The Balaban J connectivity index is 1.52. The van der Waals surface area contributed by atoms with Crippen LogP contribution in [0.5, 0.6) is 0 Å². The van der Waals surface area contributed by atoms with Crippen molar-refractivity contribution in [2.45, 2.75) is 44.9 Å². The number of hydrogen-bond donors (Lipinski definition) is 3. The van der Waals surface area contributed by atoms with Gasteiger partial charge >= 0.3 is 0 Å². The molecule has 0 unspecified atom stereocenters. The van der Waals surface area contributed by atoms with Gasteiger partial charge in [0.15, 0.2) is 0 Å². The minimum Gasteiger partial charge on any atom is -0.388 e. The second kappa shape index (κ2) is 9.26. The van der Waals surface area contributed by atoms with Crippen molar-refractivity contribution in [3.8, 4) is 0 Å². The summed E-state index contributed by atoms with van der Waals surface area (Å²) in [7, 11) is 0. The number of nitrogens with one attached hydrogen (secondary N) is 1. The molecule has 2 aromatic carbocycles. The summed E-state index contributed by atoms with van der Waals surface area (Å²) < 4.78 is 0. The van der Waals surface area contributed by atoms with E-state index >= 15 is 0 Å². The molecule has 1 fully saturated rings. The average Bonchev–Trinajstić information content (AvgIpc) is 2.69. The van der Waals surface area contributed by atoms with E-state index in [4.69, 9.17) is 11.6 Å². The highest BCUT2D eigenvalue weighted by atomic mass is 35.5. The number of hydrogen-bond acceptors (Lipinski definition) is 4. The van der Waals surface area contributed by atoms with Gasteiger partial charge in [-0.05, 0) is 54.7 Å². The normalized spacial score (nSPS) is 22.0. The van der Waals surface area contributed by atoms with Gasteiger partial charge in [0.1, 0.15) is 11.7 Å². The third-order valence-electron chi connectivity index (χ3n) is 5.91. The van der Waals surface area contributed by atoms with Crippen molar-refractivity contribution in [3.05, 3.63) is 69.7 Å². The number of carbonyl (C=O) groups is 1. The second-order valence-corrected chi connectivity index (χ2v) is 8.41. The molecule has 5 nitrogen and oxygen atoms in total. The Kier molecular flexibility index (Phi) is 6.96. The maximum Gasteiger partial charge on any atom is 0.227 e. The lowest BCUT2D eigenvalue weighted by molar-refractivity contribution is -0.148. The SMILES string of the molecule is Cc1cccc(CNC[C@@]2(O)CCN(C(=O)Cc3ccc(Cl)cc3)C[C@@H]2O)c1C. The first-order chi connectivity index (χ1) is 13.8. The van der Waals surface area contributed by atoms with Crippen LogP contribution in [0.1, 0.15) is 28.7 Å². The zero-order chi connectivity index (χ0) is 21.0. The summed E-state index contributed by atoms with van der Waals surface area (Å²) in [6.07, 6.45) is -0.399. The molecule has 3 rings (SSSR count). The summed E-state index contributed by atoms with van der Waals surface area (Å²) in [5, 5.41) is 25.3. The molecule has 0 spiro atoms. The van der Waals surface area contributed by atoms with Gasteiger partial charge in [0, 0.05) is 31.2 Å². The summed E-state index contributed by atoms with van der Waals surface area (Å²) in [6, 6.07) is 13.3. The second-order valence-electron chi connectivity index (χ2n) is 7.97. The molecule has 1 aliphatic heterocycles. The number of aryl methyl sites for hydroxylation is 1. The maximum absolute atomic E-state index is 12.6. The van der Waals surface area contributed by atoms with Crippen LogP contribution in [0.3, 0.4) is 0 Å². The number of benzene rings is 2. The Bertz CT molecular complexity index is 856. The highest BCUT2D eigenvalue weighted by Crippen LogP contribution is 2.23. The van der Waals surface area contributed by atoms with E-state index in [1.807, 2.05) is 18.2 Å². The van der Waals surface area contributed by atoms with Gasteiger partial charge in [-0.15, -0.1) is 0 Å². The van der Waals surface area contributed by atoms with E-state index in [1.54, 1.807) is 17.0 Å². The van der Waals surface area contributed by atoms with Crippen LogP contribution in [-0.2, 0) is 17.8 Å². The van der Waals surface area contributed by atoms with E-state index < -0.39 is 11.7 Å². The Morgan fingerprint density at radius 3 is 2.66 bits per heavy atom. The van der Waals surface area contributed by atoms with Gasteiger partial charge < -0.3 is 20.4 Å². The van der Waals surface area contributed by atoms with Gasteiger partial charge in [0.25, 0.3) is 0 Å². The molecular weight excluding hydrogens is 388 g/mol. The molecule has 2 atom stereocenters. The third kappa shape index (κ3) is 5.37. The molecule has 3 N–H and O–H groups in total. The van der Waals surface area contributed by atoms with Gasteiger partial charge in [0.05, 0.1) is 6.42 Å². The molecule has 0 bridgehead atoms. The minimum absolute atomic E-state index is 0.0585. The smallest absolute Gasteiger partial charge is 0.227 e. The van der Waals surface area contributed by atoms with E-state index in [9.17, 15) is 15.0 Å². The number of likely N-dealkylation sites (tertiary alicyclic amines) is 1. The van der Waals surface area contributed by atoms with Gasteiger partial charge in [-0.1, -0.05) is 41.9 Å². The lowest BCUT2D eigenvalue weighted by Crippen LogP contribution is -2.60. The number of piperidine rings is 1. The molecule has 0 radical (unpaired) electrons. The predicted octanol–water partition coefficient (Wildman–Crippen LogP) is 2.61. The maximum atomic E-state index is 12.6. The molecule has 1 heterocycles. The summed E-state index contributed by atoms with van der Waals surface area (Å²) >= 11 is 5.88. The fourth-order valence-corrected chi connectivity index (χ4v) is 3.83. The number of amides is 1. The zero-order valence-electron chi connectivity index (χ0n) is 17.0. The predicted molar refractivity (Wildman–Crippen MR) is 115 cm³/mol. The van der Waals surface area contributed by atoms with Crippen molar-refractivity contribution in [2.24, 2.45) is 0 Å². The van der Waals surface area contributed by atoms with Crippen LogP contribution < -0.4 is 5.32 Å². The van der Waals surface area contributed by atoms with Gasteiger partial charge in [-0.3, -0.25) is 4.79 Å². The first-order valence-corrected chi connectivity index (χ1v) is 10.3. The van der Waals surface area contributed by atoms with Crippen molar-refractivity contribution in [1.29, 1.82) is 0 Å². The first kappa shape index (κ1) is 21.8. The highest BCUT2D eigenvalue weighted by Gasteiger charge is 2.41. The van der Waals surface area contributed by atoms with Crippen LogP contribution in [0.15, 0.2) is 42.5 Å². The molecule has 29 heavy (non-hydrogen) atoms. The lowest BCUT2D eigenvalue weighted by Gasteiger charge is -2.42. The number of β-amino-alcohol motifs (C(OH)–C–C–N with tert-alkyl or cyclic N) is 1. The van der Waals surface area contributed by atoms with Crippen molar-refractivity contribution < 1.29 is 15.0 Å². The van der Waals surface area contributed by atoms with Crippen LogP contribution in [-0.4, -0.2) is 52.4 Å². The average molecular weight is 417 g/mol. The Labute approximate surface area is 177 Å². The molecule has 1 aliphatic rings. The molecule has 156 valence electrons. The molecule has 0 aromatic heterocycles. The monoisotopic (exact) mass is 416 g/mol. The first-order valence-electron chi connectivity index (χ1n) is 9.97. The van der Waals surface area contributed by atoms with E-state index in [0.29, 0.717) is 24.5 Å². The number of aliphatic hydroxyl groups is 2. The lowest BCUT2D eigenvalue weighted by atomic mass is 9.88. The molecule has 1 saturated heterocycles. The fourth-order valence-electron chi connectivity index (χ4n) is 3.70. The van der Waals surface area contributed by atoms with E-state index in [2.05, 4.69) is 31.3 Å². The summed E-state index contributed by atoms with van der Waals surface area (Å²) in [5.41, 5.74) is 3.28. The van der Waals surface area contributed by atoms with Gasteiger partial charge in [0.2, 0.25) is 5.91 Å². The standard InChI is InChI=1S/C23H29ClN2O3/c1-16-4-3-5-19(17(16)2)13-25-15-23(29)10-11-26(14-21(23)27)22(28)12-18-6-8-20(24)9-7-18/h3-9,21,25,27,29H,10-15H2,1-2H3/t21-,23-/m0/s1. The Morgan fingerprint density at radius 1 is 1.24 bits per heavy atom. The number of nitrogens with zero attached hydrogens (tertiary/aromatic N) is 1. The highest BCUT2D eigenvalue weighted by molar-refractivity contribution is 6.30. The largest absolute Gasteiger partial charge is 0.388 e. The van der Waals surface area contributed by atoms with Crippen LogP contribution in [0.2, 0.25) is 5.02 Å². The van der Waals surface area contributed by atoms with E-state index in [0.717, 1.165) is 5.56 Å². The molecule has 0 saturated carbocycles. The van der Waals surface area contributed by atoms with Crippen molar-refractivity contribution in [2.75, 3.05) is 19.6 Å².